The molecule has 0 radical (unpaired) electrons. The number of hydrogen-bond donors (Lipinski definition) is 0. The average Bonchev–Trinajstić information content (AvgIpc) is 2.54. The monoisotopic (exact) mass is 345 g/mol. The summed E-state index contributed by atoms with van der Waals surface area (Å²) in [6.07, 6.45) is -2.07. The third-order valence-corrected chi connectivity index (χ3v) is 4.10. The van der Waals surface area contributed by atoms with E-state index in [0.29, 0.717) is 31.9 Å². The number of carbonyl (C=O) groups is 1. The van der Waals surface area contributed by atoms with E-state index < -0.39 is 12.1 Å². The molecule has 2 heterocycles. The lowest BCUT2D eigenvalue weighted by Crippen LogP contribution is -2.56. The zero-order chi connectivity index (χ0) is 17.2. The Morgan fingerprint density at radius 1 is 1.12 bits per heavy atom. The second-order valence-electron chi connectivity index (χ2n) is 5.86. The highest BCUT2D eigenvalue weighted by Gasteiger charge is 2.40. The van der Waals surface area contributed by atoms with Crippen LogP contribution < -0.4 is 4.74 Å². The summed E-state index contributed by atoms with van der Waals surface area (Å²) < 4.78 is 51.8. The molecule has 0 aromatic heterocycles. The van der Waals surface area contributed by atoms with Crippen molar-refractivity contribution in [2.45, 2.75) is 31.4 Å². The second kappa shape index (κ2) is 6.60. The summed E-state index contributed by atoms with van der Waals surface area (Å²) in [6.45, 7) is 1.73. The number of rotatable bonds is 2. The molecular weight excluding hydrogens is 327 g/mol. The van der Waals surface area contributed by atoms with Crippen LogP contribution in [0.3, 0.4) is 0 Å². The molecule has 1 atom stereocenters. The van der Waals surface area contributed by atoms with Crippen LogP contribution in [0.4, 0.5) is 13.2 Å². The Kier molecular flexibility index (Phi) is 4.69. The van der Waals surface area contributed by atoms with E-state index >= 15 is 0 Å². The minimum Gasteiger partial charge on any atom is -0.406 e. The number of ether oxygens (including phenoxy) is 3. The van der Waals surface area contributed by atoms with Crippen molar-refractivity contribution in [1.82, 2.24) is 4.90 Å². The van der Waals surface area contributed by atoms with Crippen LogP contribution >= 0.6 is 0 Å². The van der Waals surface area contributed by atoms with Gasteiger partial charge in [0.15, 0.2) is 5.79 Å². The smallest absolute Gasteiger partial charge is 0.406 e. The maximum absolute atomic E-state index is 12.6. The van der Waals surface area contributed by atoms with Crippen LogP contribution in [-0.4, -0.2) is 49.3 Å². The lowest BCUT2D eigenvalue weighted by molar-refractivity contribution is -0.277. The fourth-order valence-corrected chi connectivity index (χ4v) is 2.98. The fourth-order valence-electron chi connectivity index (χ4n) is 2.98. The summed E-state index contributed by atoms with van der Waals surface area (Å²) >= 11 is 0. The Morgan fingerprint density at radius 2 is 1.83 bits per heavy atom. The van der Waals surface area contributed by atoms with E-state index in [9.17, 15) is 18.0 Å². The molecule has 2 saturated heterocycles. The minimum absolute atomic E-state index is 0.259. The molecule has 1 aromatic carbocycles. The first-order valence-corrected chi connectivity index (χ1v) is 7.80. The highest BCUT2D eigenvalue weighted by atomic mass is 19.4. The number of hydrogen-bond acceptors (Lipinski definition) is 4. The van der Waals surface area contributed by atoms with Crippen LogP contribution in [0.2, 0.25) is 0 Å². The molecule has 0 saturated carbocycles. The molecule has 1 unspecified atom stereocenters. The van der Waals surface area contributed by atoms with E-state index in [1.165, 1.54) is 12.1 Å². The zero-order valence-corrected chi connectivity index (χ0v) is 13.0. The van der Waals surface area contributed by atoms with Gasteiger partial charge in [-0.2, -0.15) is 0 Å². The topological polar surface area (TPSA) is 48.0 Å². The van der Waals surface area contributed by atoms with Crippen LogP contribution in [0, 0.1) is 0 Å². The molecule has 24 heavy (non-hydrogen) atoms. The van der Waals surface area contributed by atoms with Crippen molar-refractivity contribution < 1.29 is 32.2 Å². The van der Waals surface area contributed by atoms with E-state index in [0.717, 1.165) is 31.4 Å². The van der Waals surface area contributed by atoms with Crippen LogP contribution in [-0.2, 0) is 9.47 Å². The fraction of sp³-hybridized carbons (Fsp3) is 0.562. The maximum Gasteiger partial charge on any atom is 0.573 e. The Hall–Kier alpha value is -1.80. The molecule has 132 valence electrons. The molecule has 0 bridgehead atoms. The Labute approximate surface area is 137 Å². The van der Waals surface area contributed by atoms with Crippen LogP contribution in [0.1, 0.15) is 29.6 Å². The normalized spacial score (nSPS) is 24.9. The first kappa shape index (κ1) is 17.0. The first-order chi connectivity index (χ1) is 11.4. The van der Waals surface area contributed by atoms with E-state index in [2.05, 4.69) is 4.74 Å². The second-order valence-corrected chi connectivity index (χ2v) is 5.86. The van der Waals surface area contributed by atoms with Crippen LogP contribution in [0.15, 0.2) is 24.3 Å². The number of halogens is 3. The lowest BCUT2D eigenvalue weighted by atomic mass is 10.0. The highest BCUT2D eigenvalue weighted by Crippen LogP contribution is 2.30. The summed E-state index contributed by atoms with van der Waals surface area (Å²) in [5, 5.41) is 0. The van der Waals surface area contributed by atoms with E-state index in [1.54, 1.807) is 4.90 Å². The SMILES string of the molecule is O=C(c1ccc(OC(F)(F)F)cc1)N1CCOC2(CCCCO2)C1. The van der Waals surface area contributed by atoms with Gasteiger partial charge in [-0.25, -0.2) is 0 Å². The van der Waals surface area contributed by atoms with Crippen molar-refractivity contribution in [2.75, 3.05) is 26.3 Å². The molecule has 0 aliphatic carbocycles. The molecule has 2 fully saturated rings. The molecule has 5 nitrogen and oxygen atoms in total. The van der Waals surface area contributed by atoms with Gasteiger partial charge in [0.05, 0.1) is 19.8 Å². The number of morpholine rings is 1. The van der Waals surface area contributed by atoms with Gasteiger partial charge >= 0.3 is 6.36 Å². The number of carbonyl (C=O) groups excluding carboxylic acids is 1. The molecule has 2 aliphatic heterocycles. The van der Waals surface area contributed by atoms with Gasteiger partial charge in [-0.3, -0.25) is 4.79 Å². The Morgan fingerprint density at radius 3 is 2.46 bits per heavy atom. The summed E-state index contributed by atoms with van der Waals surface area (Å²) in [4.78, 5) is 14.2. The van der Waals surface area contributed by atoms with Crippen molar-refractivity contribution in [1.29, 1.82) is 0 Å². The van der Waals surface area contributed by atoms with Gasteiger partial charge in [0.25, 0.3) is 5.91 Å². The number of amides is 1. The van der Waals surface area contributed by atoms with Crippen LogP contribution in [0.5, 0.6) is 5.75 Å². The summed E-state index contributed by atoms with van der Waals surface area (Å²) in [7, 11) is 0. The van der Waals surface area contributed by atoms with Gasteiger partial charge < -0.3 is 19.1 Å². The molecule has 0 N–H and O–H groups in total. The van der Waals surface area contributed by atoms with E-state index in [4.69, 9.17) is 9.47 Å². The molecule has 2 aliphatic rings. The van der Waals surface area contributed by atoms with Gasteiger partial charge in [0.2, 0.25) is 0 Å². The van der Waals surface area contributed by atoms with E-state index in [1.807, 2.05) is 0 Å². The third-order valence-electron chi connectivity index (χ3n) is 4.10. The standard InChI is InChI=1S/C16H18F3NO4/c17-16(18,19)24-13-5-3-12(4-6-13)14(21)20-8-10-23-15(11-20)7-1-2-9-22-15/h3-6H,1-2,7-11H2. The van der Waals surface area contributed by atoms with Crippen molar-refractivity contribution in [3.8, 4) is 5.75 Å². The summed E-state index contributed by atoms with van der Waals surface area (Å²) in [5.41, 5.74) is 0.303. The Bertz CT molecular complexity index is 576. The molecule has 8 heteroatoms. The zero-order valence-electron chi connectivity index (χ0n) is 13.0. The summed E-state index contributed by atoms with van der Waals surface area (Å²) in [6, 6.07) is 4.92. The van der Waals surface area contributed by atoms with Crippen molar-refractivity contribution in [2.24, 2.45) is 0 Å². The van der Waals surface area contributed by atoms with Gasteiger partial charge in [0.1, 0.15) is 5.75 Å². The molecule has 1 spiro atoms. The van der Waals surface area contributed by atoms with Crippen molar-refractivity contribution in [3.63, 3.8) is 0 Å². The molecular formula is C16H18F3NO4. The van der Waals surface area contributed by atoms with Crippen molar-refractivity contribution in [3.05, 3.63) is 29.8 Å². The van der Waals surface area contributed by atoms with Crippen molar-refractivity contribution >= 4 is 5.91 Å². The lowest BCUT2D eigenvalue weighted by Gasteiger charge is -2.44. The summed E-state index contributed by atoms with van der Waals surface area (Å²) in [5.74, 6) is -1.36. The minimum atomic E-state index is -4.75. The van der Waals surface area contributed by atoms with Gasteiger partial charge in [0, 0.05) is 18.5 Å². The first-order valence-electron chi connectivity index (χ1n) is 7.80. The molecule has 1 amide bonds. The number of alkyl halides is 3. The van der Waals surface area contributed by atoms with Gasteiger partial charge in [-0.05, 0) is 37.1 Å². The van der Waals surface area contributed by atoms with E-state index in [-0.39, 0.29) is 11.7 Å². The largest absolute Gasteiger partial charge is 0.573 e. The molecule has 3 rings (SSSR count). The predicted octanol–water partition coefficient (Wildman–Crippen LogP) is 2.95. The maximum atomic E-state index is 12.6. The quantitative estimate of drug-likeness (QED) is 0.827. The highest BCUT2D eigenvalue weighted by molar-refractivity contribution is 5.94. The number of benzene rings is 1. The van der Waals surface area contributed by atoms with Crippen LogP contribution in [0.25, 0.3) is 0 Å². The van der Waals surface area contributed by atoms with Gasteiger partial charge in [-0.1, -0.05) is 0 Å². The number of nitrogens with zero attached hydrogens (tertiary/aromatic N) is 1. The molecule has 1 aromatic rings. The third kappa shape index (κ3) is 3.99. The predicted molar refractivity (Wildman–Crippen MR) is 77.5 cm³/mol. The Balaban J connectivity index is 1.67. The van der Waals surface area contributed by atoms with Gasteiger partial charge in [-0.15, -0.1) is 13.2 Å². The average molecular weight is 345 g/mol.